The fraction of sp³-hybridized carbons (Fsp3) is 1.00. The maximum Gasteiger partial charge on any atom is 0.0628 e. The third kappa shape index (κ3) is 17.3. The van der Waals surface area contributed by atoms with Crippen LogP contribution in [0.25, 0.3) is 0 Å². The number of nitrogens with one attached hydrogen (secondary N) is 16. The summed E-state index contributed by atoms with van der Waals surface area (Å²) in [4.78, 5) is 0. The minimum atomic E-state index is 0. The monoisotopic (exact) mass is 1380 g/mol. The second kappa shape index (κ2) is 37.1. The molecule has 0 spiro atoms. The highest BCUT2D eigenvalue weighted by Crippen LogP contribution is 2.49. The highest BCUT2D eigenvalue weighted by atomic mass is 28.1. The minimum absolute atomic E-state index is 0. The summed E-state index contributed by atoms with van der Waals surface area (Å²) < 4.78 is 0. The number of hydrogen-bond donors (Lipinski definition) is 20. The summed E-state index contributed by atoms with van der Waals surface area (Å²) in [7, 11) is 0. The Kier molecular flexibility index (Phi) is 29.1. The summed E-state index contributed by atoms with van der Waals surface area (Å²) in [5.74, 6) is 11.9. The Morgan fingerprint density at radius 2 is 0.227 bits per heavy atom. The summed E-state index contributed by atoms with van der Waals surface area (Å²) >= 11 is 0. The van der Waals surface area contributed by atoms with Crippen LogP contribution in [0.5, 0.6) is 0 Å². The summed E-state index contributed by atoms with van der Waals surface area (Å²) in [6.07, 6.45) is 54.6. The van der Waals surface area contributed by atoms with Gasteiger partial charge in [0.2, 0.25) is 0 Å². The van der Waals surface area contributed by atoms with Crippen LogP contribution in [-0.2, 0) is 0 Å². The lowest BCUT2D eigenvalue weighted by molar-refractivity contribution is 0.167. The van der Waals surface area contributed by atoms with Gasteiger partial charge < -0.3 is 20.4 Å². The molecule has 20 nitrogen and oxygen atoms in total. The SMILES string of the molecule is C1CCC2C3NC(NC4NC(NC5NC(NC6NC(N3)C3CCCCC63)C3CCCCC53)C3CCCCC43)C2C1.C1CCC2C3NC(NC4NC(NC5NC(NC6NC(N3)C3CCCCC63)C3CCCCC53)C3CCCCC43)C2C1.CCCO.CCCO.CCCO.CCCO.[SiH4]. The smallest absolute Gasteiger partial charge is 0.0628 e. The number of rotatable bonds is 4. The highest BCUT2D eigenvalue weighted by Gasteiger charge is 2.57. The molecule has 8 aliphatic carbocycles. The molecular weight excluding hydrogens is 1230 g/mol. The number of aliphatic hydroxyl groups is 4. The Bertz CT molecular complexity index is 1710. The highest BCUT2D eigenvalue weighted by molar-refractivity contribution is 5.75. The molecule has 18 fully saturated rings. The average Bonchev–Trinajstić information content (AvgIpc) is 1.62. The molecule has 8 saturated carbocycles. The lowest BCUT2D eigenvalue weighted by Crippen LogP contribution is -2.61. The van der Waals surface area contributed by atoms with Gasteiger partial charge in [0.1, 0.15) is 0 Å². The predicted octanol–water partition coefficient (Wildman–Crippen LogP) is 5.31. The van der Waals surface area contributed by atoms with Gasteiger partial charge in [-0.25, -0.2) is 0 Å². The molecule has 18 aliphatic rings. The zero-order valence-electron chi connectivity index (χ0n) is 60.5. The second-order valence-corrected chi connectivity index (χ2v) is 34.1. The maximum absolute atomic E-state index is 7.88. The molecule has 0 radical (unpaired) electrons. The first-order valence-corrected chi connectivity index (χ1v) is 41.9. The molecule has 0 aromatic heterocycles. The van der Waals surface area contributed by atoms with E-state index < -0.39 is 0 Å². The van der Waals surface area contributed by atoms with Gasteiger partial charge in [0.25, 0.3) is 0 Å². The van der Waals surface area contributed by atoms with Crippen molar-refractivity contribution in [3.8, 4) is 0 Å². The number of fused-ring (bicyclic) bond motifs is 40. The molecule has 10 saturated heterocycles. The quantitative estimate of drug-likeness (QED) is 0.159. The van der Waals surface area contributed by atoms with Crippen molar-refractivity contribution in [2.24, 2.45) is 94.7 Å². The van der Waals surface area contributed by atoms with Crippen molar-refractivity contribution in [3.63, 3.8) is 0 Å². The molecule has 20 N–H and O–H groups in total. The molecule has 0 aromatic rings. The van der Waals surface area contributed by atoms with Gasteiger partial charge in [0.05, 0.1) is 98.7 Å². The molecule has 18 rings (SSSR count). The van der Waals surface area contributed by atoms with Gasteiger partial charge in [-0.1, -0.05) is 130 Å². The zero-order chi connectivity index (χ0) is 66.1. The minimum Gasteiger partial charge on any atom is -0.396 e. The predicted molar refractivity (Wildman–Crippen MR) is 395 cm³/mol. The van der Waals surface area contributed by atoms with E-state index >= 15 is 0 Å². The van der Waals surface area contributed by atoms with E-state index in [1.807, 2.05) is 27.7 Å². The van der Waals surface area contributed by atoms with Gasteiger partial charge in [0.15, 0.2) is 0 Å². The van der Waals surface area contributed by atoms with E-state index in [9.17, 15) is 0 Å². The zero-order valence-corrected chi connectivity index (χ0v) is 60.5. The molecule has 16 unspecified atom stereocenters. The topological polar surface area (TPSA) is 273 Å². The third-order valence-electron chi connectivity index (χ3n) is 28.5. The summed E-state index contributed by atoms with van der Waals surface area (Å²) in [5, 5.41) is 99.1. The molecule has 97 heavy (non-hydrogen) atoms. The van der Waals surface area contributed by atoms with E-state index in [4.69, 9.17) is 20.4 Å². The Labute approximate surface area is 592 Å². The molecule has 16 bridgehead atoms. The first-order valence-electron chi connectivity index (χ1n) is 41.9. The number of aliphatic hydroxyl groups excluding tert-OH is 4. The lowest BCUT2D eigenvalue weighted by Gasteiger charge is -2.35. The molecule has 16 atom stereocenters. The normalized spacial score (nSPS) is 48.7. The molecular formula is C76H148N16O4Si. The molecule has 10 heterocycles. The van der Waals surface area contributed by atoms with Crippen molar-refractivity contribution in [1.82, 2.24) is 85.1 Å². The van der Waals surface area contributed by atoms with Gasteiger partial charge in [-0.05, 0) is 234 Å². The van der Waals surface area contributed by atoms with Crippen molar-refractivity contribution in [1.29, 1.82) is 0 Å². The van der Waals surface area contributed by atoms with Crippen molar-refractivity contribution in [3.05, 3.63) is 0 Å². The summed E-state index contributed by atoms with van der Waals surface area (Å²) in [5.41, 5.74) is 0. The first-order chi connectivity index (χ1) is 47.3. The Hall–Kier alpha value is -0.583. The largest absolute Gasteiger partial charge is 0.396 e. The van der Waals surface area contributed by atoms with E-state index in [2.05, 4.69) is 85.1 Å². The number of hydrogen-bond acceptors (Lipinski definition) is 20. The summed E-state index contributed by atoms with van der Waals surface area (Å²) in [6, 6.07) is 0. The average molecular weight is 1380 g/mol. The molecule has 560 valence electrons. The Balaban J connectivity index is 0.000000151. The van der Waals surface area contributed by atoms with Gasteiger partial charge in [-0.3, -0.25) is 85.1 Å². The fourth-order valence-corrected chi connectivity index (χ4v) is 23.9. The van der Waals surface area contributed by atoms with Crippen LogP contribution in [-0.4, -0.2) is 156 Å². The standard InChI is InChI=1S/2C32H56N8.4C3H8O.H4Si/c2*1-2-10-18-17(9-1)25-33-26(18)38-28-21-13-5-6-14-22(21)30(35-28)40-32-24-16-8-7-15-23(24)31(36-32)39-29-20-12-4-3-11-19(20)27(34-29)37-25;4*1-2-3-4;/h2*17-40H,1-16H2;4*4H,2-3H2,1H3;1H4. The van der Waals surface area contributed by atoms with Crippen molar-refractivity contribution in [2.45, 2.75) is 357 Å². The van der Waals surface area contributed by atoms with E-state index in [1.165, 1.54) is 205 Å². The van der Waals surface area contributed by atoms with Crippen LogP contribution in [0.3, 0.4) is 0 Å². The molecule has 0 amide bonds. The van der Waals surface area contributed by atoms with Crippen LogP contribution in [0.1, 0.15) is 259 Å². The van der Waals surface area contributed by atoms with Gasteiger partial charge in [0, 0.05) is 26.4 Å². The first kappa shape index (κ1) is 76.1. The maximum atomic E-state index is 7.88. The van der Waals surface area contributed by atoms with Crippen LogP contribution in [0.15, 0.2) is 0 Å². The molecule has 21 heteroatoms. The molecule has 10 aliphatic heterocycles. The van der Waals surface area contributed by atoms with Crippen LogP contribution in [0.4, 0.5) is 0 Å². The second-order valence-electron chi connectivity index (χ2n) is 34.1. The van der Waals surface area contributed by atoms with Crippen molar-refractivity contribution in [2.75, 3.05) is 26.4 Å². The summed E-state index contributed by atoms with van der Waals surface area (Å²) in [6.45, 7) is 9.00. The van der Waals surface area contributed by atoms with Crippen LogP contribution < -0.4 is 85.1 Å². The third-order valence-corrected chi connectivity index (χ3v) is 28.5. The molecule has 0 aromatic carbocycles. The van der Waals surface area contributed by atoms with E-state index in [0.29, 0.717) is 125 Å². The van der Waals surface area contributed by atoms with Crippen molar-refractivity contribution < 1.29 is 20.4 Å². The fourth-order valence-electron chi connectivity index (χ4n) is 23.9. The van der Waals surface area contributed by atoms with Crippen LogP contribution >= 0.6 is 0 Å². The van der Waals surface area contributed by atoms with Crippen LogP contribution in [0.2, 0.25) is 0 Å². The Morgan fingerprint density at radius 3 is 0.278 bits per heavy atom. The van der Waals surface area contributed by atoms with Crippen LogP contribution in [0, 0.1) is 94.7 Å². The van der Waals surface area contributed by atoms with E-state index in [1.54, 1.807) is 0 Å². The van der Waals surface area contributed by atoms with Crippen molar-refractivity contribution >= 4 is 11.0 Å². The Morgan fingerprint density at radius 1 is 0.165 bits per heavy atom. The van der Waals surface area contributed by atoms with Gasteiger partial charge in [-0.15, -0.1) is 0 Å². The van der Waals surface area contributed by atoms with E-state index in [0.717, 1.165) is 120 Å². The van der Waals surface area contributed by atoms with Gasteiger partial charge in [-0.2, -0.15) is 0 Å². The van der Waals surface area contributed by atoms with Gasteiger partial charge >= 0.3 is 0 Å². The lowest BCUT2D eigenvalue weighted by atomic mass is 9.76. The van der Waals surface area contributed by atoms with E-state index in [-0.39, 0.29) is 11.0 Å².